The lowest BCUT2D eigenvalue weighted by molar-refractivity contribution is 1.14. The molecule has 5 heteroatoms. The van der Waals surface area contributed by atoms with E-state index in [1.807, 2.05) is 36.4 Å². The molecule has 2 aromatic heterocycles. The molecule has 0 aromatic carbocycles. The van der Waals surface area contributed by atoms with Gasteiger partial charge in [-0.2, -0.15) is 0 Å². The van der Waals surface area contributed by atoms with Crippen molar-refractivity contribution in [2.45, 2.75) is 2.14 Å². The summed E-state index contributed by atoms with van der Waals surface area (Å²) >= 11 is 10.3. The zero-order valence-electron chi connectivity index (χ0n) is 8.07. The van der Waals surface area contributed by atoms with Crippen molar-refractivity contribution >= 4 is 47.8 Å². The molecule has 0 radical (unpaired) electrons. The highest BCUT2D eigenvalue weighted by Crippen LogP contribution is 2.43. The molecule has 0 bridgehead atoms. The van der Waals surface area contributed by atoms with Crippen LogP contribution < -0.4 is 0 Å². The molecule has 0 saturated carbocycles. The van der Waals surface area contributed by atoms with Gasteiger partial charge >= 0.3 is 0 Å². The van der Waals surface area contributed by atoms with Gasteiger partial charge in [-0.25, -0.2) is 4.98 Å². The highest BCUT2D eigenvalue weighted by molar-refractivity contribution is 9.38. The number of hydrogen-bond donors (Lipinski definition) is 0. The van der Waals surface area contributed by atoms with Crippen molar-refractivity contribution in [3.05, 3.63) is 48.3 Å². The van der Waals surface area contributed by atoms with Gasteiger partial charge in [-0.1, -0.05) is 59.9 Å². The number of pyridine rings is 2. The Kier molecular flexibility index (Phi) is 3.77. The second-order valence-electron chi connectivity index (χ2n) is 3.12. The zero-order chi connectivity index (χ0) is 11.6. The molecule has 0 fully saturated rings. The lowest BCUT2D eigenvalue weighted by Gasteiger charge is -2.12. The Morgan fingerprint density at radius 3 is 2.25 bits per heavy atom. The molecule has 0 N–H and O–H groups in total. The van der Waals surface area contributed by atoms with Crippen molar-refractivity contribution in [1.82, 2.24) is 9.97 Å². The first kappa shape index (κ1) is 12.2. The predicted octanol–water partition coefficient (Wildman–Crippen LogP) is 4.44. The maximum Gasteiger partial charge on any atom is 0.176 e. The molecule has 0 atom stereocenters. The topological polar surface area (TPSA) is 25.8 Å². The van der Waals surface area contributed by atoms with E-state index < -0.39 is 2.14 Å². The summed E-state index contributed by atoms with van der Waals surface area (Å²) in [6.07, 6.45) is 1.76. The van der Waals surface area contributed by atoms with Crippen molar-refractivity contribution in [3.8, 4) is 11.4 Å². The molecule has 2 nitrogen and oxygen atoms in total. The molecule has 2 rings (SSSR count). The number of rotatable bonds is 1. The molecule has 2 aromatic rings. The van der Waals surface area contributed by atoms with E-state index in [0.29, 0.717) is 0 Å². The van der Waals surface area contributed by atoms with Crippen LogP contribution in [0.2, 0.25) is 0 Å². The average Bonchev–Trinajstić information content (AvgIpc) is 2.29. The zero-order valence-corrected chi connectivity index (χ0v) is 12.8. The molecule has 0 aliphatic heterocycles. The fraction of sp³-hybridized carbons (Fsp3) is 0.0909. The summed E-state index contributed by atoms with van der Waals surface area (Å²) < 4.78 is -0.488. The minimum absolute atomic E-state index is 0.488. The van der Waals surface area contributed by atoms with Crippen LogP contribution in [-0.4, -0.2) is 9.97 Å². The van der Waals surface area contributed by atoms with Crippen LogP contribution >= 0.6 is 47.8 Å². The molecule has 82 valence electrons. The Labute approximate surface area is 119 Å². The van der Waals surface area contributed by atoms with Gasteiger partial charge in [-0.15, -0.1) is 0 Å². The first-order valence-electron chi connectivity index (χ1n) is 4.53. The summed E-state index contributed by atoms with van der Waals surface area (Å²) in [7, 11) is 0. The summed E-state index contributed by atoms with van der Waals surface area (Å²) in [5.41, 5.74) is 2.55. The molecule has 0 aliphatic rings. The smallest absolute Gasteiger partial charge is 0.176 e. The molecule has 2 heterocycles. The molecular weight excluding hydrogens is 400 g/mol. The van der Waals surface area contributed by atoms with Gasteiger partial charge in [0, 0.05) is 6.20 Å². The van der Waals surface area contributed by atoms with Gasteiger partial charge in [0.1, 0.15) is 0 Å². The Morgan fingerprint density at radius 2 is 1.62 bits per heavy atom. The highest BCUT2D eigenvalue weighted by Gasteiger charge is 2.22. The van der Waals surface area contributed by atoms with Crippen LogP contribution in [0.4, 0.5) is 0 Å². The van der Waals surface area contributed by atoms with Gasteiger partial charge in [0.05, 0.1) is 17.1 Å². The minimum atomic E-state index is -0.488. The van der Waals surface area contributed by atoms with E-state index in [4.69, 9.17) is 0 Å². The number of nitrogens with zero attached hydrogens (tertiary/aromatic N) is 2. The van der Waals surface area contributed by atoms with Crippen molar-refractivity contribution in [2.75, 3.05) is 0 Å². The molecule has 0 amide bonds. The van der Waals surface area contributed by atoms with Crippen LogP contribution in [0.3, 0.4) is 0 Å². The predicted molar refractivity (Wildman–Crippen MR) is 75.9 cm³/mol. The third kappa shape index (κ3) is 2.90. The quantitative estimate of drug-likeness (QED) is 0.654. The van der Waals surface area contributed by atoms with Gasteiger partial charge in [-0.3, -0.25) is 4.98 Å². The van der Waals surface area contributed by atoms with Crippen LogP contribution in [0.15, 0.2) is 42.6 Å². The van der Waals surface area contributed by atoms with E-state index in [9.17, 15) is 0 Å². The number of alkyl halides is 3. The summed E-state index contributed by atoms with van der Waals surface area (Å²) in [4.78, 5) is 8.77. The van der Waals surface area contributed by atoms with Crippen molar-refractivity contribution in [1.29, 1.82) is 0 Å². The fourth-order valence-corrected chi connectivity index (χ4v) is 1.91. The van der Waals surface area contributed by atoms with Crippen LogP contribution in [0.5, 0.6) is 0 Å². The van der Waals surface area contributed by atoms with Gasteiger partial charge in [0.25, 0.3) is 0 Å². The SMILES string of the molecule is BrC(Br)(Br)c1cccc(-c2ccccn2)n1. The highest BCUT2D eigenvalue weighted by atomic mass is 80.0. The van der Waals surface area contributed by atoms with Crippen molar-refractivity contribution in [3.63, 3.8) is 0 Å². The van der Waals surface area contributed by atoms with Crippen LogP contribution in [0, 0.1) is 0 Å². The third-order valence-corrected chi connectivity index (χ3v) is 3.19. The van der Waals surface area contributed by atoms with Crippen molar-refractivity contribution < 1.29 is 0 Å². The number of halogens is 3. The van der Waals surface area contributed by atoms with E-state index in [-0.39, 0.29) is 0 Å². The normalized spacial score (nSPS) is 11.4. The van der Waals surface area contributed by atoms with Crippen molar-refractivity contribution in [2.24, 2.45) is 0 Å². The van der Waals surface area contributed by atoms with Gasteiger partial charge in [-0.05, 0) is 24.3 Å². The van der Waals surface area contributed by atoms with E-state index >= 15 is 0 Å². The van der Waals surface area contributed by atoms with Crippen LogP contribution in [0.25, 0.3) is 11.4 Å². The first-order chi connectivity index (χ1) is 7.57. The molecule has 0 spiro atoms. The van der Waals surface area contributed by atoms with Gasteiger partial charge < -0.3 is 0 Å². The molecule has 0 unspecified atom stereocenters. The maximum atomic E-state index is 4.51. The first-order valence-corrected chi connectivity index (χ1v) is 6.91. The van der Waals surface area contributed by atoms with E-state index in [2.05, 4.69) is 57.8 Å². The average molecular weight is 407 g/mol. The monoisotopic (exact) mass is 404 g/mol. The fourth-order valence-electron chi connectivity index (χ4n) is 1.25. The maximum absolute atomic E-state index is 4.51. The minimum Gasteiger partial charge on any atom is -0.255 e. The summed E-state index contributed by atoms with van der Waals surface area (Å²) in [6, 6.07) is 11.6. The summed E-state index contributed by atoms with van der Waals surface area (Å²) in [5.74, 6) is 0. The number of aromatic nitrogens is 2. The third-order valence-electron chi connectivity index (χ3n) is 1.97. The molecular formula is C11H7Br3N2. The van der Waals surface area contributed by atoms with E-state index in [1.54, 1.807) is 6.20 Å². The number of hydrogen-bond acceptors (Lipinski definition) is 2. The van der Waals surface area contributed by atoms with Gasteiger partial charge in [0.15, 0.2) is 2.14 Å². The van der Waals surface area contributed by atoms with Gasteiger partial charge in [0.2, 0.25) is 0 Å². The second kappa shape index (κ2) is 4.94. The Morgan fingerprint density at radius 1 is 0.875 bits per heavy atom. The Balaban J connectivity index is 2.45. The Hall–Kier alpha value is -0.260. The lowest BCUT2D eigenvalue weighted by atomic mass is 10.2. The van der Waals surface area contributed by atoms with Crippen LogP contribution in [0.1, 0.15) is 5.69 Å². The van der Waals surface area contributed by atoms with E-state index in [1.165, 1.54) is 0 Å². The summed E-state index contributed by atoms with van der Waals surface area (Å²) in [5, 5.41) is 0. The molecule has 0 aliphatic carbocycles. The summed E-state index contributed by atoms with van der Waals surface area (Å²) in [6.45, 7) is 0. The second-order valence-corrected chi connectivity index (χ2v) is 9.88. The lowest BCUT2D eigenvalue weighted by Crippen LogP contribution is -2.02. The standard InChI is InChI=1S/C11H7Br3N2/c12-11(13,14)10-6-3-5-9(16-10)8-4-1-2-7-15-8/h1-7H. The largest absolute Gasteiger partial charge is 0.255 e. The molecule has 0 saturated heterocycles. The van der Waals surface area contributed by atoms with Crippen LogP contribution in [-0.2, 0) is 2.14 Å². The Bertz CT molecular complexity index is 480. The molecule has 16 heavy (non-hydrogen) atoms. The van der Waals surface area contributed by atoms with E-state index in [0.717, 1.165) is 17.1 Å².